The number of hydrogen-bond acceptors (Lipinski definition) is 7. The highest BCUT2D eigenvalue weighted by Crippen LogP contribution is 2.14. The first-order chi connectivity index (χ1) is 13.0. The second-order valence-electron chi connectivity index (χ2n) is 5.77. The van der Waals surface area contributed by atoms with E-state index in [-0.39, 0.29) is 41.1 Å². The summed E-state index contributed by atoms with van der Waals surface area (Å²) in [4.78, 5) is 20.3. The molecule has 27 heavy (non-hydrogen) atoms. The van der Waals surface area contributed by atoms with Gasteiger partial charge in [0, 0.05) is 19.0 Å². The van der Waals surface area contributed by atoms with Crippen LogP contribution >= 0.6 is 0 Å². The van der Waals surface area contributed by atoms with Gasteiger partial charge in [0.15, 0.2) is 15.7 Å². The number of benzene rings is 1. The molecule has 0 spiro atoms. The molecule has 0 aliphatic carbocycles. The van der Waals surface area contributed by atoms with Gasteiger partial charge in [0.1, 0.15) is 5.75 Å². The van der Waals surface area contributed by atoms with Crippen molar-refractivity contribution >= 4 is 15.7 Å². The molecule has 0 aliphatic heterocycles. The number of rotatable bonds is 8. The van der Waals surface area contributed by atoms with Crippen LogP contribution in [-0.4, -0.2) is 29.4 Å². The van der Waals surface area contributed by atoms with Crippen molar-refractivity contribution in [1.82, 2.24) is 20.4 Å². The van der Waals surface area contributed by atoms with Gasteiger partial charge in [0.05, 0.1) is 17.1 Å². The molecule has 1 aromatic carbocycles. The number of amides is 1. The average molecular weight is 386 g/mol. The molecule has 1 N–H and O–H groups in total. The molecule has 0 fully saturated rings. The summed E-state index contributed by atoms with van der Waals surface area (Å²) in [6.07, 6.45) is 2.04. The average Bonchev–Trinajstić information content (AvgIpc) is 3.13. The van der Waals surface area contributed by atoms with Crippen molar-refractivity contribution in [2.75, 3.05) is 0 Å². The van der Waals surface area contributed by atoms with Crippen LogP contribution in [0, 0.1) is 0 Å². The van der Waals surface area contributed by atoms with Crippen molar-refractivity contribution in [3.05, 3.63) is 72.1 Å². The van der Waals surface area contributed by atoms with Crippen LogP contribution in [0.3, 0.4) is 0 Å². The lowest BCUT2D eigenvalue weighted by molar-refractivity contribution is -0.121. The number of pyridine rings is 1. The first kappa shape index (κ1) is 18.7. The molecule has 0 radical (unpaired) electrons. The minimum atomic E-state index is -3.54. The monoisotopic (exact) mass is 386 g/mol. The second kappa shape index (κ2) is 8.54. The summed E-state index contributed by atoms with van der Waals surface area (Å²) in [7, 11) is -3.54. The van der Waals surface area contributed by atoms with Crippen molar-refractivity contribution in [2.24, 2.45) is 0 Å². The number of carbonyl (C=O) groups excluding carboxylic acids is 1. The normalized spacial score (nSPS) is 11.3. The number of carbonyl (C=O) groups is 1. The van der Waals surface area contributed by atoms with Crippen molar-refractivity contribution < 1.29 is 17.7 Å². The van der Waals surface area contributed by atoms with Crippen molar-refractivity contribution in [3.8, 4) is 0 Å². The third-order valence-electron chi connectivity index (χ3n) is 3.69. The Morgan fingerprint density at radius 1 is 1.07 bits per heavy atom. The Morgan fingerprint density at radius 2 is 1.85 bits per heavy atom. The molecule has 2 heterocycles. The van der Waals surface area contributed by atoms with Gasteiger partial charge in [0.25, 0.3) is 0 Å². The van der Waals surface area contributed by atoms with Gasteiger partial charge in [-0.2, -0.15) is 4.98 Å². The molecule has 0 aliphatic rings. The Labute approximate surface area is 156 Å². The fraction of sp³-hybridized carbons (Fsp3) is 0.222. The molecule has 0 bridgehead atoms. The minimum Gasteiger partial charge on any atom is -0.350 e. The molecule has 0 unspecified atom stereocenters. The second-order valence-corrected chi connectivity index (χ2v) is 7.76. The van der Waals surface area contributed by atoms with Gasteiger partial charge in [0.2, 0.25) is 11.8 Å². The summed E-state index contributed by atoms with van der Waals surface area (Å²) in [5, 5.41) is 6.44. The van der Waals surface area contributed by atoms with E-state index in [9.17, 15) is 13.2 Å². The lowest BCUT2D eigenvalue weighted by Crippen LogP contribution is -2.23. The number of aryl methyl sites for hydroxylation is 1. The summed E-state index contributed by atoms with van der Waals surface area (Å²) in [5.41, 5.74) is 0.761. The molecule has 140 valence electrons. The fourth-order valence-corrected chi connectivity index (χ4v) is 3.53. The summed E-state index contributed by atoms with van der Waals surface area (Å²) < 4.78 is 29.7. The van der Waals surface area contributed by atoms with E-state index in [4.69, 9.17) is 4.52 Å². The molecule has 3 rings (SSSR count). The van der Waals surface area contributed by atoms with E-state index in [1.165, 1.54) is 12.1 Å². The van der Waals surface area contributed by atoms with Gasteiger partial charge in [-0.1, -0.05) is 29.4 Å². The molecular formula is C18H18N4O4S. The van der Waals surface area contributed by atoms with Crippen molar-refractivity contribution in [3.63, 3.8) is 0 Å². The van der Waals surface area contributed by atoms with Crippen LogP contribution < -0.4 is 5.32 Å². The quantitative estimate of drug-likeness (QED) is 0.626. The summed E-state index contributed by atoms with van der Waals surface area (Å²) in [5.74, 6) is -0.242. The van der Waals surface area contributed by atoms with Gasteiger partial charge in [-0.25, -0.2) is 8.42 Å². The molecule has 0 atom stereocenters. The first-order valence-corrected chi connectivity index (χ1v) is 9.94. The highest BCUT2D eigenvalue weighted by atomic mass is 32.2. The Hall–Kier alpha value is -3.07. The first-order valence-electron chi connectivity index (χ1n) is 8.29. The fourth-order valence-electron chi connectivity index (χ4n) is 2.33. The van der Waals surface area contributed by atoms with Crippen LogP contribution in [0.15, 0.2) is 64.1 Å². The van der Waals surface area contributed by atoms with E-state index in [2.05, 4.69) is 20.4 Å². The van der Waals surface area contributed by atoms with Crippen molar-refractivity contribution in [2.45, 2.75) is 30.0 Å². The SMILES string of the molecule is O=C(CCc1nc(CS(=O)(=O)c2ccccc2)no1)NCc1ccccn1. The molecule has 1 amide bonds. The molecule has 3 aromatic rings. The highest BCUT2D eigenvalue weighted by Gasteiger charge is 2.19. The van der Waals surface area contributed by atoms with E-state index in [0.717, 1.165) is 5.69 Å². The van der Waals surface area contributed by atoms with Gasteiger partial charge >= 0.3 is 0 Å². The lowest BCUT2D eigenvalue weighted by Gasteiger charge is -2.03. The zero-order valence-electron chi connectivity index (χ0n) is 14.4. The van der Waals surface area contributed by atoms with Crippen LogP contribution in [0.25, 0.3) is 0 Å². The number of nitrogens with zero attached hydrogens (tertiary/aromatic N) is 3. The lowest BCUT2D eigenvalue weighted by atomic mass is 10.3. The largest absolute Gasteiger partial charge is 0.350 e. The summed E-state index contributed by atoms with van der Waals surface area (Å²) >= 11 is 0. The molecular weight excluding hydrogens is 368 g/mol. The van der Waals surface area contributed by atoms with Gasteiger partial charge < -0.3 is 9.84 Å². The van der Waals surface area contributed by atoms with E-state index in [0.29, 0.717) is 6.54 Å². The Balaban J connectivity index is 1.50. The number of sulfone groups is 1. The molecule has 9 heteroatoms. The van der Waals surface area contributed by atoms with Gasteiger partial charge in [-0.3, -0.25) is 9.78 Å². The van der Waals surface area contributed by atoms with E-state index < -0.39 is 9.84 Å². The topological polar surface area (TPSA) is 115 Å². The number of nitrogens with one attached hydrogen (secondary N) is 1. The third kappa shape index (κ3) is 5.45. The Bertz CT molecular complexity index is 988. The zero-order valence-corrected chi connectivity index (χ0v) is 15.2. The van der Waals surface area contributed by atoms with E-state index in [1.54, 1.807) is 30.5 Å². The minimum absolute atomic E-state index is 0.0720. The summed E-state index contributed by atoms with van der Waals surface area (Å²) in [6.45, 7) is 0.337. The Morgan fingerprint density at radius 3 is 2.59 bits per heavy atom. The van der Waals surface area contributed by atoms with Crippen molar-refractivity contribution in [1.29, 1.82) is 0 Å². The van der Waals surface area contributed by atoms with Crippen LogP contribution in [0.2, 0.25) is 0 Å². The standard InChI is InChI=1S/C18H18N4O4S/c23-17(20-12-14-6-4-5-11-19-14)9-10-18-21-16(22-26-18)13-27(24,25)15-7-2-1-3-8-15/h1-8,11H,9-10,12-13H2,(H,20,23). The van der Waals surface area contributed by atoms with Crippen LogP contribution in [-0.2, 0) is 33.4 Å². The zero-order chi connectivity index (χ0) is 19.1. The van der Waals surface area contributed by atoms with E-state index in [1.807, 2.05) is 12.1 Å². The maximum Gasteiger partial charge on any atom is 0.227 e. The number of hydrogen-bond donors (Lipinski definition) is 1. The highest BCUT2D eigenvalue weighted by molar-refractivity contribution is 7.90. The predicted octanol–water partition coefficient (Wildman–Crippen LogP) is 1.69. The molecule has 0 saturated carbocycles. The predicted molar refractivity (Wildman–Crippen MR) is 96.0 cm³/mol. The van der Waals surface area contributed by atoms with Gasteiger partial charge in [-0.15, -0.1) is 0 Å². The van der Waals surface area contributed by atoms with Gasteiger partial charge in [-0.05, 0) is 24.3 Å². The maximum absolute atomic E-state index is 12.3. The smallest absolute Gasteiger partial charge is 0.227 e. The number of aromatic nitrogens is 3. The van der Waals surface area contributed by atoms with Crippen LogP contribution in [0.1, 0.15) is 23.8 Å². The van der Waals surface area contributed by atoms with Crippen LogP contribution in [0.4, 0.5) is 0 Å². The molecule has 8 nitrogen and oxygen atoms in total. The third-order valence-corrected chi connectivity index (χ3v) is 5.32. The maximum atomic E-state index is 12.3. The van der Waals surface area contributed by atoms with Crippen LogP contribution in [0.5, 0.6) is 0 Å². The van der Waals surface area contributed by atoms with E-state index >= 15 is 0 Å². The Kier molecular flexibility index (Phi) is 5.92. The molecule has 0 saturated heterocycles. The summed E-state index contributed by atoms with van der Waals surface area (Å²) in [6, 6.07) is 13.5. The molecule has 2 aromatic heterocycles.